The topological polar surface area (TPSA) is 21.3 Å². The summed E-state index contributed by atoms with van der Waals surface area (Å²) in [6.45, 7) is 1.61. The molecule has 108 valence electrons. The second kappa shape index (κ2) is 5.15. The fourth-order valence-electron chi connectivity index (χ4n) is 3.71. The van der Waals surface area contributed by atoms with Crippen molar-refractivity contribution in [1.29, 1.82) is 0 Å². The molecule has 0 unspecified atom stereocenters. The number of halogens is 1. The molecule has 21 heavy (non-hydrogen) atoms. The second-order valence-electron chi connectivity index (χ2n) is 5.87. The van der Waals surface area contributed by atoms with Crippen molar-refractivity contribution >= 4 is 5.69 Å². The Labute approximate surface area is 123 Å². The number of fused-ring (bicyclic) bond motifs is 3. The first-order valence-electron chi connectivity index (χ1n) is 7.53. The zero-order chi connectivity index (χ0) is 14.2. The van der Waals surface area contributed by atoms with Crippen LogP contribution in [-0.2, 0) is 4.74 Å². The van der Waals surface area contributed by atoms with E-state index in [1.165, 1.54) is 11.6 Å². The third kappa shape index (κ3) is 2.22. The van der Waals surface area contributed by atoms with Crippen LogP contribution >= 0.6 is 0 Å². The summed E-state index contributed by atoms with van der Waals surface area (Å²) in [5.74, 6) is 0.631. The summed E-state index contributed by atoms with van der Waals surface area (Å²) < 4.78 is 19.6. The van der Waals surface area contributed by atoms with Crippen LogP contribution in [0.15, 0.2) is 48.5 Å². The summed E-state index contributed by atoms with van der Waals surface area (Å²) in [4.78, 5) is 0. The maximum Gasteiger partial charge on any atom is 0.123 e. The van der Waals surface area contributed by atoms with Gasteiger partial charge >= 0.3 is 0 Å². The fraction of sp³-hybridized carbons (Fsp3) is 0.333. The number of rotatable bonds is 1. The van der Waals surface area contributed by atoms with Gasteiger partial charge < -0.3 is 10.1 Å². The van der Waals surface area contributed by atoms with Crippen molar-refractivity contribution in [2.45, 2.75) is 18.4 Å². The van der Waals surface area contributed by atoms with Crippen molar-refractivity contribution in [3.8, 4) is 0 Å². The highest BCUT2D eigenvalue weighted by atomic mass is 19.1. The first-order chi connectivity index (χ1) is 10.3. The van der Waals surface area contributed by atoms with E-state index in [9.17, 15) is 4.39 Å². The van der Waals surface area contributed by atoms with Crippen LogP contribution in [0.2, 0.25) is 0 Å². The van der Waals surface area contributed by atoms with Crippen molar-refractivity contribution < 1.29 is 9.13 Å². The molecule has 2 aromatic carbocycles. The predicted molar refractivity (Wildman–Crippen MR) is 80.9 cm³/mol. The minimum absolute atomic E-state index is 0.00379. The molecule has 1 N–H and O–H groups in total. The van der Waals surface area contributed by atoms with Gasteiger partial charge in [-0.25, -0.2) is 4.39 Å². The number of hydrogen-bond donors (Lipinski definition) is 1. The Hall–Kier alpha value is -1.87. The number of anilines is 1. The first-order valence-corrected chi connectivity index (χ1v) is 7.53. The van der Waals surface area contributed by atoms with Gasteiger partial charge in [-0.1, -0.05) is 30.3 Å². The molecule has 0 saturated carbocycles. The summed E-state index contributed by atoms with van der Waals surface area (Å²) in [6, 6.07) is 15.5. The van der Waals surface area contributed by atoms with E-state index in [0.29, 0.717) is 11.8 Å². The van der Waals surface area contributed by atoms with Crippen LogP contribution in [0.1, 0.15) is 29.6 Å². The maximum absolute atomic E-state index is 13.6. The van der Waals surface area contributed by atoms with Crippen LogP contribution < -0.4 is 5.32 Å². The fourth-order valence-corrected chi connectivity index (χ4v) is 3.71. The zero-order valence-corrected chi connectivity index (χ0v) is 11.8. The van der Waals surface area contributed by atoms with E-state index in [1.54, 1.807) is 6.07 Å². The molecule has 2 nitrogen and oxygen atoms in total. The van der Waals surface area contributed by atoms with Crippen molar-refractivity contribution in [3.63, 3.8) is 0 Å². The summed E-state index contributed by atoms with van der Waals surface area (Å²) in [6.07, 6.45) is 1.02. The minimum Gasteiger partial charge on any atom is -0.384 e. The molecule has 0 aliphatic carbocycles. The van der Waals surface area contributed by atoms with Crippen LogP contribution in [0.25, 0.3) is 0 Å². The Bertz CT molecular complexity index is 643. The lowest BCUT2D eigenvalue weighted by Crippen LogP contribution is -2.37. The van der Waals surface area contributed by atoms with Gasteiger partial charge in [0.05, 0.1) is 6.10 Å². The van der Waals surface area contributed by atoms with Crippen molar-refractivity contribution in [2.75, 3.05) is 18.5 Å². The summed E-state index contributed by atoms with van der Waals surface area (Å²) in [5, 5.41) is 3.44. The molecule has 1 saturated heterocycles. The molecule has 1 fully saturated rings. The number of benzene rings is 2. The van der Waals surface area contributed by atoms with Crippen LogP contribution in [0.3, 0.4) is 0 Å². The standard InChI is InChI=1S/C18H18FNO/c19-13-6-7-17-15(10-13)18-16(11-20-17)14(8-9-21-18)12-4-2-1-3-5-12/h1-7,10,14,16,18,20H,8-9,11H2/t14-,16+,18+/m0/s1. The summed E-state index contributed by atoms with van der Waals surface area (Å²) in [7, 11) is 0. The Morgan fingerprint density at radius 2 is 1.95 bits per heavy atom. The molecule has 0 amide bonds. The third-order valence-electron chi connectivity index (χ3n) is 4.71. The van der Waals surface area contributed by atoms with Crippen molar-refractivity contribution in [1.82, 2.24) is 0 Å². The Balaban J connectivity index is 1.71. The monoisotopic (exact) mass is 283 g/mol. The van der Waals surface area contributed by atoms with E-state index in [1.807, 2.05) is 12.1 Å². The van der Waals surface area contributed by atoms with Crippen LogP contribution in [0.4, 0.5) is 10.1 Å². The van der Waals surface area contributed by atoms with Gasteiger partial charge in [0, 0.05) is 30.3 Å². The highest BCUT2D eigenvalue weighted by Crippen LogP contribution is 2.47. The zero-order valence-electron chi connectivity index (χ0n) is 11.8. The van der Waals surface area contributed by atoms with Gasteiger partial charge in [-0.15, -0.1) is 0 Å². The lowest BCUT2D eigenvalue weighted by Gasteiger charge is -2.42. The van der Waals surface area contributed by atoms with Gasteiger partial charge in [-0.05, 0) is 36.1 Å². The third-order valence-corrected chi connectivity index (χ3v) is 4.71. The second-order valence-corrected chi connectivity index (χ2v) is 5.87. The maximum atomic E-state index is 13.6. The number of ether oxygens (including phenoxy) is 1. The van der Waals surface area contributed by atoms with E-state index in [2.05, 4.69) is 29.6 Å². The molecule has 0 aromatic heterocycles. The quantitative estimate of drug-likeness (QED) is 0.850. The smallest absolute Gasteiger partial charge is 0.123 e. The van der Waals surface area contributed by atoms with Gasteiger partial charge in [0.2, 0.25) is 0 Å². The Morgan fingerprint density at radius 3 is 2.81 bits per heavy atom. The molecule has 2 aliphatic rings. The molecule has 4 rings (SSSR count). The van der Waals surface area contributed by atoms with Gasteiger partial charge in [-0.2, -0.15) is 0 Å². The molecule has 2 heterocycles. The Kier molecular flexibility index (Phi) is 3.15. The average molecular weight is 283 g/mol. The lowest BCUT2D eigenvalue weighted by molar-refractivity contribution is -0.0382. The van der Waals surface area contributed by atoms with Crippen molar-refractivity contribution in [3.05, 3.63) is 65.5 Å². The first kappa shape index (κ1) is 12.8. The predicted octanol–water partition coefficient (Wildman–Crippen LogP) is 4.11. The highest BCUT2D eigenvalue weighted by molar-refractivity contribution is 5.55. The van der Waals surface area contributed by atoms with Crippen LogP contribution in [0.5, 0.6) is 0 Å². The van der Waals surface area contributed by atoms with E-state index in [0.717, 1.165) is 30.8 Å². The molecule has 3 heteroatoms. The van der Waals surface area contributed by atoms with E-state index in [4.69, 9.17) is 4.74 Å². The lowest BCUT2D eigenvalue weighted by atomic mass is 9.75. The molecule has 0 spiro atoms. The molecule has 3 atom stereocenters. The average Bonchev–Trinajstić information content (AvgIpc) is 2.55. The van der Waals surface area contributed by atoms with Crippen LogP contribution in [0, 0.1) is 11.7 Å². The minimum atomic E-state index is -0.193. The molecule has 2 aromatic rings. The SMILES string of the molecule is Fc1ccc2c(c1)[C@H]1OCC[C@@H](c3ccccc3)[C@H]1CN2. The normalized spacial score (nSPS) is 27.4. The number of hydrogen-bond acceptors (Lipinski definition) is 2. The van der Waals surface area contributed by atoms with E-state index in [-0.39, 0.29) is 11.9 Å². The van der Waals surface area contributed by atoms with E-state index < -0.39 is 0 Å². The largest absolute Gasteiger partial charge is 0.384 e. The van der Waals surface area contributed by atoms with E-state index >= 15 is 0 Å². The van der Waals surface area contributed by atoms with Gasteiger partial charge in [0.15, 0.2) is 0 Å². The van der Waals surface area contributed by atoms with Gasteiger partial charge in [-0.3, -0.25) is 0 Å². The molecular formula is C18H18FNO. The van der Waals surface area contributed by atoms with Crippen LogP contribution in [-0.4, -0.2) is 13.2 Å². The summed E-state index contributed by atoms with van der Waals surface area (Å²) in [5.41, 5.74) is 3.33. The highest BCUT2D eigenvalue weighted by Gasteiger charge is 2.39. The molecular weight excluding hydrogens is 265 g/mol. The van der Waals surface area contributed by atoms with Crippen molar-refractivity contribution in [2.24, 2.45) is 5.92 Å². The molecule has 0 bridgehead atoms. The molecule has 0 radical (unpaired) electrons. The number of nitrogens with one attached hydrogen (secondary N) is 1. The summed E-state index contributed by atoms with van der Waals surface area (Å²) >= 11 is 0. The van der Waals surface area contributed by atoms with Gasteiger partial charge in [0.1, 0.15) is 5.82 Å². The molecule has 2 aliphatic heterocycles. The van der Waals surface area contributed by atoms with Gasteiger partial charge in [0.25, 0.3) is 0 Å². The Morgan fingerprint density at radius 1 is 1.10 bits per heavy atom.